The summed E-state index contributed by atoms with van der Waals surface area (Å²) in [7, 11) is 0. The van der Waals surface area contributed by atoms with Gasteiger partial charge in [0.2, 0.25) is 0 Å². The van der Waals surface area contributed by atoms with Crippen molar-refractivity contribution in [1.29, 1.82) is 5.53 Å². The second-order valence-electron chi connectivity index (χ2n) is 2.90. The van der Waals surface area contributed by atoms with E-state index in [0.29, 0.717) is 5.69 Å². The Morgan fingerprint density at radius 1 is 1.53 bits per heavy atom. The number of ether oxygens (including phenoxy) is 1. The second kappa shape index (κ2) is 5.09. The Labute approximate surface area is 88.1 Å². The van der Waals surface area contributed by atoms with Crippen LogP contribution in [0.3, 0.4) is 0 Å². The van der Waals surface area contributed by atoms with Gasteiger partial charge in [-0.15, -0.1) is 5.01 Å². The number of nitrogens with zero attached hydrogens (tertiary/aromatic N) is 2. The number of hydrogen-bond acceptors (Lipinski definition) is 4. The van der Waals surface area contributed by atoms with Gasteiger partial charge in [0.05, 0.1) is 12.3 Å². The van der Waals surface area contributed by atoms with Crippen molar-refractivity contribution in [1.82, 2.24) is 0 Å². The van der Waals surface area contributed by atoms with Crippen molar-refractivity contribution >= 4 is 11.8 Å². The van der Waals surface area contributed by atoms with Gasteiger partial charge in [0.1, 0.15) is 0 Å². The molecule has 0 saturated carbocycles. The molecular formula is C10H13N3O2. The van der Waals surface area contributed by atoms with E-state index in [2.05, 4.69) is 5.22 Å². The van der Waals surface area contributed by atoms with Gasteiger partial charge >= 0.3 is 6.09 Å². The summed E-state index contributed by atoms with van der Waals surface area (Å²) in [6.07, 6.45) is -0.637. The van der Waals surface area contributed by atoms with E-state index in [9.17, 15) is 4.79 Å². The molecule has 0 aliphatic rings. The predicted molar refractivity (Wildman–Crippen MR) is 55.8 cm³/mol. The van der Waals surface area contributed by atoms with Crippen LogP contribution in [-0.4, -0.2) is 12.7 Å². The molecule has 0 radical (unpaired) electrons. The van der Waals surface area contributed by atoms with Crippen molar-refractivity contribution in [3.8, 4) is 0 Å². The van der Waals surface area contributed by atoms with Crippen molar-refractivity contribution in [2.45, 2.75) is 13.8 Å². The van der Waals surface area contributed by atoms with E-state index in [1.54, 1.807) is 19.1 Å². The van der Waals surface area contributed by atoms with Crippen LogP contribution in [0.4, 0.5) is 10.5 Å². The van der Waals surface area contributed by atoms with E-state index in [1.807, 2.05) is 19.1 Å². The number of anilines is 1. The number of para-hydroxylation sites is 1. The highest BCUT2D eigenvalue weighted by atomic mass is 16.6. The van der Waals surface area contributed by atoms with E-state index < -0.39 is 6.09 Å². The fourth-order valence-corrected chi connectivity index (χ4v) is 1.18. The fraction of sp³-hybridized carbons (Fsp3) is 0.300. The van der Waals surface area contributed by atoms with Crippen LogP contribution >= 0.6 is 0 Å². The Hall–Kier alpha value is -1.91. The zero-order valence-corrected chi connectivity index (χ0v) is 8.73. The number of benzene rings is 1. The normalized spacial score (nSPS) is 9.47. The van der Waals surface area contributed by atoms with Gasteiger partial charge in [-0.3, -0.25) is 0 Å². The summed E-state index contributed by atoms with van der Waals surface area (Å²) in [6, 6.07) is 7.18. The molecule has 5 heteroatoms. The molecule has 0 saturated heterocycles. The monoisotopic (exact) mass is 207 g/mol. The summed E-state index contributed by atoms with van der Waals surface area (Å²) >= 11 is 0. The second-order valence-corrected chi connectivity index (χ2v) is 2.90. The first-order chi connectivity index (χ1) is 7.20. The molecule has 0 aliphatic heterocycles. The molecule has 0 aromatic heterocycles. The van der Waals surface area contributed by atoms with E-state index in [4.69, 9.17) is 10.3 Å². The lowest BCUT2D eigenvalue weighted by molar-refractivity contribution is 0.159. The van der Waals surface area contributed by atoms with Gasteiger partial charge in [-0.05, 0) is 25.5 Å². The number of amides is 1. The largest absolute Gasteiger partial charge is 0.448 e. The fourth-order valence-electron chi connectivity index (χ4n) is 1.18. The van der Waals surface area contributed by atoms with E-state index in [1.165, 1.54) is 0 Å². The minimum atomic E-state index is -0.637. The molecule has 0 heterocycles. The smallest absolute Gasteiger partial charge is 0.436 e. The maximum Gasteiger partial charge on any atom is 0.436 e. The van der Waals surface area contributed by atoms with Crippen molar-refractivity contribution in [3.05, 3.63) is 29.8 Å². The van der Waals surface area contributed by atoms with Gasteiger partial charge in [-0.1, -0.05) is 23.4 Å². The molecule has 1 aromatic rings. The first kappa shape index (κ1) is 11.2. The number of rotatable bonds is 3. The van der Waals surface area contributed by atoms with Crippen molar-refractivity contribution < 1.29 is 9.53 Å². The molecule has 0 spiro atoms. The van der Waals surface area contributed by atoms with Gasteiger partial charge in [0, 0.05) is 0 Å². The first-order valence-corrected chi connectivity index (χ1v) is 4.60. The third kappa shape index (κ3) is 2.52. The van der Waals surface area contributed by atoms with Crippen LogP contribution in [0.2, 0.25) is 0 Å². The Kier molecular flexibility index (Phi) is 3.79. The lowest BCUT2D eigenvalue weighted by Gasteiger charge is -2.16. The summed E-state index contributed by atoms with van der Waals surface area (Å²) in [4.78, 5) is 11.4. The minimum absolute atomic E-state index is 0.261. The lowest BCUT2D eigenvalue weighted by Crippen LogP contribution is -2.26. The maximum absolute atomic E-state index is 11.4. The molecule has 15 heavy (non-hydrogen) atoms. The zero-order chi connectivity index (χ0) is 11.3. The average molecular weight is 207 g/mol. The van der Waals surface area contributed by atoms with Crippen LogP contribution in [0.25, 0.3) is 0 Å². The predicted octanol–water partition coefficient (Wildman–Crippen LogP) is 2.90. The third-order valence-electron chi connectivity index (χ3n) is 1.88. The van der Waals surface area contributed by atoms with Gasteiger partial charge in [0.25, 0.3) is 0 Å². The summed E-state index contributed by atoms with van der Waals surface area (Å²) in [5, 5.41) is 4.08. The van der Waals surface area contributed by atoms with E-state index in [-0.39, 0.29) is 6.61 Å². The Morgan fingerprint density at radius 3 is 2.73 bits per heavy atom. The van der Waals surface area contributed by atoms with Crippen LogP contribution in [0.15, 0.2) is 29.5 Å². The molecule has 0 unspecified atom stereocenters. The number of hydrogen-bond donors (Lipinski definition) is 1. The molecule has 1 aromatic carbocycles. The van der Waals surface area contributed by atoms with Crippen LogP contribution in [-0.2, 0) is 4.74 Å². The lowest BCUT2D eigenvalue weighted by atomic mass is 10.2. The Balaban J connectivity index is 2.97. The number of aryl methyl sites for hydroxylation is 1. The summed E-state index contributed by atoms with van der Waals surface area (Å²) in [5.74, 6) is 0. The number of carbonyl (C=O) groups is 1. The highest BCUT2D eigenvalue weighted by molar-refractivity contribution is 5.87. The van der Waals surface area contributed by atoms with E-state index >= 15 is 0 Å². The molecule has 0 atom stereocenters. The molecule has 5 nitrogen and oxygen atoms in total. The van der Waals surface area contributed by atoms with Crippen molar-refractivity contribution in [2.24, 2.45) is 5.22 Å². The third-order valence-corrected chi connectivity index (χ3v) is 1.88. The molecule has 0 fully saturated rings. The Bertz CT molecular complexity index is 365. The van der Waals surface area contributed by atoms with Gasteiger partial charge < -0.3 is 4.74 Å². The maximum atomic E-state index is 11.4. The highest BCUT2D eigenvalue weighted by Crippen LogP contribution is 2.20. The van der Waals surface area contributed by atoms with Crippen LogP contribution < -0.4 is 5.01 Å². The molecular weight excluding hydrogens is 194 g/mol. The highest BCUT2D eigenvalue weighted by Gasteiger charge is 2.17. The molecule has 1 N–H and O–H groups in total. The SMILES string of the molecule is CCOC(=O)N(N=N)c1ccccc1C. The van der Waals surface area contributed by atoms with Gasteiger partial charge in [-0.2, -0.15) is 5.53 Å². The molecule has 0 aliphatic carbocycles. The molecule has 80 valence electrons. The van der Waals surface area contributed by atoms with Gasteiger partial charge in [-0.25, -0.2) is 4.79 Å². The van der Waals surface area contributed by atoms with Crippen LogP contribution in [0, 0.1) is 12.5 Å². The number of carbonyl (C=O) groups excluding carboxylic acids is 1. The summed E-state index contributed by atoms with van der Waals surface area (Å²) in [6.45, 7) is 3.81. The minimum Gasteiger partial charge on any atom is -0.448 e. The molecule has 0 bridgehead atoms. The Morgan fingerprint density at radius 2 is 2.20 bits per heavy atom. The first-order valence-electron chi connectivity index (χ1n) is 4.60. The molecule has 1 rings (SSSR count). The zero-order valence-electron chi connectivity index (χ0n) is 8.73. The quantitative estimate of drug-likeness (QED) is 0.611. The number of nitrogens with one attached hydrogen (secondary N) is 1. The van der Waals surface area contributed by atoms with E-state index in [0.717, 1.165) is 10.6 Å². The van der Waals surface area contributed by atoms with Crippen molar-refractivity contribution in [3.63, 3.8) is 0 Å². The van der Waals surface area contributed by atoms with Crippen molar-refractivity contribution in [2.75, 3.05) is 11.6 Å². The molecule has 1 amide bonds. The van der Waals surface area contributed by atoms with Crippen LogP contribution in [0.1, 0.15) is 12.5 Å². The standard InChI is InChI=1S/C10H13N3O2/c1-3-15-10(14)13(12-11)9-7-5-4-6-8(9)2/h4-7,11H,3H2,1-2H3. The van der Waals surface area contributed by atoms with Gasteiger partial charge in [0.15, 0.2) is 0 Å². The summed E-state index contributed by atoms with van der Waals surface area (Å²) in [5.41, 5.74) is 8.38. The topological polar surface area (TPSA) is 65.8 Å². The average Bonchev–Trinajstić information content (AvgIpc) is 2.22. The van der Waals surface area contributed by atoms with Crippen LogP contribution in [0.5, 0.6) is 0 Å². The summed E-state index contributed by atoms with van der Waals surface area (Å²) < 4.78 is 4.78.